The summed E-state index contributed by atoms with van der Waals surface area (Å²) in [7, 11) is 0. The highest BCUT2D eigenvalue weighted by Gasteiger charge is 2.03. The maximum absolute atomic E-state index is 13.2. The molecule has 2 aromatic carbocycles. The first-order chi connectivity index (χ1) is 8.71. The van der Waals surface area contributed by atoms with E-state index in [-0.39, 0.29) is 11.3 Å². The van der Waals surface area contributed by atoms with Gasteiger partial charge >= 0.3 is 0 Å². The van der Waals surface area contributed by atoms with Crippen molar-refractivity contribution in [1.82, 2.24) is 0 Å². The molecule has 0 saturated carbocycles. The number of benzene rings is 2. The second-order valence-electron chi connectivity index (χ2n) is 3.53. The fraction of sp³-hybridized carbons (Fsp3) is 0. The molecular formula is C14H7FN2O. The van der Waals surface area contributed by atoms with E-state index in [4.69, 9.17) is 15.3 Å². The summed E-state index contributed by atoms with van der Waals surface area (Å²) >= 11 is 0. The Kier molecular flexibility index (Phi) is 3.22. The molecule has 2 rings (SSSR count). The smallest absolute Gasteiger partial charge is 0.131 e. The Balaban J connectivity index is 2.31. The molecule has 0 saturated heterocycles. The van der Waals surface area contributed by atoms with Crippen LogP contribution in [0.2, 0.25) is 0 Å². The maximum Gasteiger partial charge on any atom is 0.131 e. The van der Waals surface area contributed by atoms with Gasteiger partial charge in [-0.3, -0.25) is 0 Å². The van der Waals surface area contributed by atoms with Crippen molar-refractivity contribution >= 4 is 0 Å². The molecule has 4 heteroatoms. The van der Waals surface area contributed by atoms with Gasteiger partial charge in [0.25, 0.3) is 0 Å². The molecule has 0 heterocycles. The van der Waals surface area contributed by atoms with Crippen molar-refractivity contribution in [3.63, 3.8) is 0 Å². The van der Waals surface area contributed by atoms with Crippen molar-refractivity contribution < 1.29 is 9.13 Å². The highest BCUT2D eigenvalue weighted by atomic mass is 19.1. The Morgan fingerprint density at radius 1 is 0.889 bits per heavy atom. The largest absolute Gasteiger partial charge is 0.457 e. The van der Waals surface area contributed by atoms with Gasteiger partial charge in [0.1, 0.15) is 17.3 Å². The monoisotopic (exact) mass is 238 g/mol. The molecule has 0 aliphatic rings. The van der Waals surface area contributed by atoms with Crippen molar-refractivity contribution in [2.24, 2.45) is 0 Å². The number of halogens is 1. The second kappa shape index (κ2) is 4.99. The number of rotatable bonds is 2. The molecule has 18 heavy (non-hydrogen) atoms. The van der Waals surface area contributed by atoms with Crippen molar-refractivity contribution in [3.8, 4) is 23.6 Å². The van der Waals surface area contributed by atoms with Gasteiger partial charge in [0.15, 0.2) is 0 Å². The van der Waals surface area contributed by atoms with Crippen LogP contribution in [-0.4, -0.2) is 0 Å². The Morgan fingerprint density at radius 2 is 1.61 bits per heavy atom. The average Bonchev–Trinajstić information content (AvgIpc) is 2.38. The molecule has 3 nitrogen and oxygen atoms in total. The quantitative estimate of drug-likeness (QED) is 0.805. The molecule has 0 bridgehead atoms. The van der Waals surface area contributed by atoms with Gasteiger partial charge in [-0.1, -0.05) is 6.07 Å². The number of hydrogen-bond acceptors (Lipinski definition) is 3. The first kappa shape index (κ1) is 11.6. The first-order valence-electron chi connectivity index (χ1n) is 5.10. The molecule has 0 aromatic heterocycles. The van der Waals surface area contributed by atoms with E-state index in [1.54, 1.807) is 18.2 Å². The van der Waals surface area contributed by atoms with E-state index in [0.717, 1.165) is 6.07 Å². The zero-order valence-electron chi connectivity index (χ0n) is 9.22. The van der Waals surface area contributed by atoms with E-state index in [0.29, 0.717) is 11.3 Å². The SMILES string of the molecule is N#Cc1cccc(Oc2cc(F)cc(C#N)c2)c1. The van der Waals surface area contributed by atoms with Gasteiger partial charge in [-0.2, -0.15) is 10.5 Å². The van der Waals surface area contributed by atoms with Crippen molar-refractivity contribution in [3.05, 3.63) is 59.4 Å². The summed E-state index contributed by atoms with van der Waals surface area (Å²) in [6.07, 6.45) is 0. The van der Waals surface area contributed by atoms with E-state index in [1.807, 2.05) is 12.1 Å². The van der Waals surface area contributed by atoms with Gasteiger partial charge in [0, 0.05) is 6.07 Å². The third-order valence-electron chi connectivity index (χ3n) is 2.20. The summed E-state index contributed by atoms with van der Waals surface area (Å²) in [4.78, 5) is 0. The number of nitrogens with zero attached hydrogens (tertiary/aromatic N) is 2. The lowest BCUT2D eigenvalue weighted by molar-refractivity contribution is 0.476. The summed E-state index contributed by atoms with van der Waals surface area (Å²) in [5.41, 5.74) is 0.630. The minimum atomic E-state index is -0.541. The zero-order valence-corrected chi connectivity index (χ0v) is 9.22. The summed E-state index contributed by atoms with van der Waals surface area (Å²) in [6, 6.07) is 14.1. The number of nitriles is 2. The predicted molar refractivity (Wildman–Crippen MR) is 62.3 cm³/mol. The van der Waals surface area contributed by atoms with E-state index in [2.05, 4.69) is 0 Å². The zero-order chi connectivity index (χ0) is 13.0. The van der Waals surface area contributed by atoms with Crippen LogP contribution >= 0.6 is 0 Å². The number of hydrogen-bond donors (Lipinski definition) is 0. The van der Waals surface area contributed by atoms with Crippen LogP contribution in [0.3, 0.4) is 0 Å². The normalized spacial score (nSPS) is 9.28. The molecule has 0 radical (unpaired) electrons. The summed E-state index contributed by atoms with van der Waals surface area (Å²) in [6.45, 7) is 0. The van der Waals surface area contributed by atoms with Gasteiger partial charge in [0.2, 0.25) is 0 Å². The fourth-order valence-corrected chi connectivity index (χ4v) is 1.45. The van der Waals surface area contributed by atoms with Crippen LogP contribution in [-0.2, 0) is 0 Å². The lowest BCUT2D eigenvalue weighted by Gasteiger charge is -2.06. The second-order valence-corrected chi connectivity index (χ2v) is 3.53. The summed E-state index contributed by atoms with van der Waals surface area (Å²) in [5, 5.41) is 17.5. The van der Waals surface area contributed by atoms with Crippen LogP contribution in [0.5, 0.6) is 11.5 Å². The van der Waals surface area contributed by atoms with Crippen molar-refractivity contribution in [1.29, 1.82) is 10.5 Å². The van der Waals surface area contributed by atoms with Crippen molar-refractivity contribution in [2.45, 2.75) is 0 Å². The number of ether oxygens (including phenoxy) is 1. The van der Waals surface area contributed by atoms with E-state index >= 15 is 0 Å². The van der Waals surface area contributed by atoms with Gasteiger partial charge in [-0.05, 0) is 30.3 Å². The fourth-order valence-electron chi connectivity index (χ4n) is 1.45. The third-order valence-corrected chi connectivity index (χ3v) is 2.20. The first-order valence-corrected chi connectivity index (χ1v) is 5.10. The molecule has 2 aromatic rings. The van der Waals surface area contributed by atoms with Crippen LogP contribution in [0.15, 0.2) is 42.5 Å². The molecule has 0 aliphatic heterocycles. The van der Waals surface area contributed by atoms with Crippen LogP contribution in [0.25, 0.3) is 0 Å². The van der Waals surface area contributed by atoms with Gasteiger partial charge in [0.05, 0.1) is 23.3 Å². The molecule has 0 fully saturated rings. The van der Waals surface area contributed by atoms with E-state index in [1.165, 1.54) is 18.2 Å². The van der Waals surface area contributed by atoms with Crippen LogP contribution in [0.4, 0.5) is 4.39 Å². The lowest BCUT2D eigenvalue weighted by Crippen LogP contribution is -1.88. The summed E-state index contributed by atoms with van der Waals surface area (Å²) in [5.74, 6) is 0.102. The molecule has 0 spiro atoms. The molecular weight excluding hydrogens is 231 g/mol. The predicted octanol–water partition coefficient (Wildman–Crippen LogP) is 3.36. The van der Waals surface area contributed by atoms with E-state index in [9.17, 15) is 4.39 Å². The lowest BCUT2D eigenvalue weighted by atomic mass is 10.2. The standard InChI is InChI=1S/C14H7FN2O/c15-12-4-11(9-17)6-14(7-12)18-13-3-1-2-10(5-13)8-16/h1-7H. The Bertz CT molecular complexity index is 668. The highest BCUT2D eigenvalue weighted by molar-refractivity contribution is 5.42. The van der Waals surface area contributed by atoms with Gasteiger partial charge in [-0.15, -0.1) is 0 Å². The van der Waals surface area contributed by atoms with Crippen LogP contribution in [0, 0.1) is 28.5 Å². The highest BCUT2D eigenvalue weighted by Crippen LogP contribution is 2.24. The average molecular weight is 238 g/mol. The van der Waals surface area contributed by atoms with Crippen LogP contribution < -0.4 is 4.74 Å². The molecule has 0 unspecified atom stereocenters. The molecule has 0 N–H and O–H groups in total. The minimum Gasteiger partial charge on any atom is -0.457 e. The van der Waals surface area contributed by atoms with Crippen LogP contribution in [0.1, 0.15) is 11.1 Å². The van der Waals surface area contributed by atoms with Gasteiger partial charge < -0.3 is 4.74 Å². The van der Waals surface area contributed by atoms with Crippen molar-refractivity contribution in [2.75, 3.05) is 0 Å². The Labute approximate surface area is 103 Å². The summed E-state index contributed by atoms with van der Waals surface area (Å²) < 4.78 is 18.6. The van der Waals surface area contributed by atoms with Gasteiger partial charge in [-0.25, -0.2) is 4.39 Å². The molecule has 0 atom stereocenters. The Hall–Kier alpha value is -2.85. The van der Waals surface area contributed by atoms with E-state index < -0.39 is 5.82 Å². The maximum atomic E-state index is 13.2. The minimum absolute atomic E-state index is 0.182. The molecule has 86 valence electrons. The topological polar surface area (TPSA) is 56.8 Å². The molecule has 0 amide bonds. The molecule has 0 aliphatic carbocycles. The third kappa shape index (κ3) is 2.63. The Morgan fingerprint density at radius 3 is 2.33 bits per heavy atom.